The second kappa shape index (κ2) is 9.94. The minimum atomic E-state index is -4.89. The van der Waals surface area contributed by atoms with Crippen LogP contribution in [0.5, 0.6) is 5.75 Å². The monoisotopic (exact) mass is 416 g/mol. The van der Waals surface area contributed by atoms with Crippen LogP contribution in [0.25, 0.3) is 0 Å². The summed E-state index contributed by atoms with van der Waals surface area (Å²) in [7, 11) is 0. The number of hydrogen-bond donors (Lipinski definition) is 0. The summed E-state index contributed by atoms with van der Waals surface area (Å²) in [4.78, 5) is 0. The first-order valence-corrected chi connectivity index (χ1v) is 10.6. The van der Waals surface area contributed by atoms with E-state index in [1.54, 1.807) is 6.07 Å². The topological polar surface area (TPSA) is 9.23 Å². The molecule has 1 aromatic carbocycles. The van der Waals surface area contributed by atoms with Crippen molar-refractivity contribution in [1.29, 1.82) is 0 Å². The maximum Gasteiger partial charge on any atom is 0.573 e. The van der Waals surface area contributed by atoms with Crippen LogP contribution in [0.3, 0.4) is 0 Å². The summed E-state index contributed by atoms with van der Waals surface area (Å²) < 4.78 is 66.8. The molecule has 29 heavy (non-hydrogen) atoms. The molecule has 0 unspecified atom stereocenters. The molecular weight excluding hydrogens is 387 g/mol. The van der Waals surface area contributed by atoms with Crippen molar-refractivity contribution >= 4 is 0 Å². The lowest BCUT2D eigenvalue weighted by molar-refractivity contribution is -0.275. The molecule has 0 N–H and O–H groups in total. The number of rotatable bonds is 6. The molecule has 0 heterocycles. The zero-order valence-electron chi connectivity index (χ0n) is 16.6. The number of alkyl halides is 4. The standard InChI is InChI=1S/C23H29F5O/c24-14-2-1-3-16-4-6-17(7-5-16)18-8-10-19(11-9-18)20-12-13-22(21(25)15-20)29-23(26,27)28/h1,3,12-13,15-19H,2,4-11,14H2/b3-1+. The molecule has 0 atom stereocenters. The van der Waals surface area contributed by atoms with Crippen LogP contribution in [0.2, 0.25) is 0 Å². The molecule has 2 aliphatic carbocycles. The summed E-state index contributed by atoms with van der Waals surface area (Å²) in [5.74, 6) is 0.448. The molecule has 0 aliphatic heterocycles. The van der Waals surface area contributed by atoms with E-state index < -0.39 is 17.9 Å². The van der Waals surface area contributed by atoms with Gasteiger partial charge in [-0.15, -0.1) is 13.2 Å². The van der Waals surface area contributed by atoms with Crippen molar-refractivity contribution in [3.63, 3.8) is 0 Å². The molecule has 162 valence electrons. The van der Waals surface area contributed by atoms with Gasteiger partial charge in [0.15, 0.2) is 11.6 Å². The Labute approximate surface area is 169 Å². The lowest BCUT2D eigenvalue weighted by atomic mass is 9.68. The molecule has 3 rings (SSSR count). The first kappa shape index (κ1) is 22.1. The Morgan fingerprint density at radius 1 is 0.931 bits per heavy atom. The highest BCUT2D eigenvalue weighted by atomic mass is 19.4. The third kappa shape index (κ3) is 6.45. The highest BCUT2D eigenvalue weighted by Crippen LogP contribution is 2.44. The van der Waals surface area contributed by atoms with E-state index in [0.717, 1.165) is 43.2 Å². The van der Waals surface area contributed by atoms with Crippen LogP contribution in [0.1, 0.15) is 69.3 Å². The number of allylic oxidation sites excluding steroid dienone is 2. The van der Waals surface area contributed by atoms with Gasteiger partial charge < -0.3 is 4.74 Å². The van der Waals surface area contributed by atoms with Crippen LogP contribution in [0.4, 0.5) is 22.0 Å². The van der Waals surface area contributed by atoms with Gasteiger partial charge in [0.05, 0.1) is 6.67 Å². The lowest BCUT2D eigenvalue weighted by Gasteiger charge is -2.37. The Morgan fingerprint density at radius 3 is 2.10 bits per heavy atom. The minimum Gasteiger partial charge on any atom is -0.403 e. The number of halogens is 5. The molecule has 1 aromatic rings. The van der Waals surface area contributed by atoms with E-state index in [4.69, 9.17) is 0 Å². The van der Waals surface area contributed by atoms with Gasteiger partial charge in [0.2, 0.25) is 0 Å². The summed E-state index contributed by atoms with van der Waals surface area (Å²) in [5.41, 5.74) is 0.761. The van der Waals surface area contributed by atoms with Crippen molar-refractivity contribution in [2.75, 3.05) is 6.67 Å². The van der Waals surface area contributed by atoms with E-state index in [1.807, 2.05) is 6.08 Å². The quantitative estimate of drug-likeness (QED) is 0.341. The van der Waals surface area contributed by atoms with Crippen molar-refractivity contribution in [2.45, 2.75) is 70.1 Å². The molecule has 1 nitrogen and oxygen atoms in total. The van der Waals surface area contributed by atoms with Gasteiger partial charge in [-0.1, -0.05) is 18.2 Å². The van der Waals surface area contributed by atoms with Gasteiger partial charge >= 0.3 is 6.36 Å². The fraction of sp³-hybridized carbons (Fsp3) is 0.652. The molecule has 0 amide bonds. The maximum absolute atomic E-state index is 14.0. The summed E-state index contributed by atoms with van der Waals surface area (Å²) >= 11 is 0. The van der Waals surface area contributed by atoms with Gasteiger partial charge in [0, 0.05) is 0 Å². The van der Waals surface area contributed by atoms with Crippen LogP contribution in [0.15, 0.2) is 30.4 Å². The average molecular weight is 416 g/mol. The normalized spacial score (nSPS) is 28.6. The predicted molar refractivity (Wildman–Crippen MR) is 103 cm³/mol. The summed E-state index contributed by atoms with van der Waals surface area (Å²) in [6.07, 6.45) is 8.55. The van der Waals surface area contributed by atoms with Crippen LogP contribution >= 0.6 is 0 Å². The van der Waals surface area contributed by atoms with Crippen LogP contribution in [-0.2, 0) is 0 Å². The van der Waals surface area contributed by atoms with Crippen LogP contribution < -0.4 is 4.74 Å². The SMILES string of the molecule is FCC/C=C/C1CCC(C2CCC(c3ccc(OC(F)(F)F)c(F)c3)CC2)CC1. The van der Waals surface area contributed by atoms with E-state index in [2.05, 4.69) is 10.8 Å². The molecule has 0 saturated heterocycles. The average Bonchev–Trinajstić information content (AvgIpc) is 2.69. The molecule has 2 saturated carbocycles. The van der Waals surface area contributed by atoms with Gasteiger partial charge in [-0.2, -0.15) is 0 Å². The third-order valence-corrected chi connectivity index (χ3v) is 6.59. The van der Waals surface area contributed by atoms with Crippen molar-refractivity contribution < 1.29 is 26.7 Å². The first-order valence-electron chi connectivity index (χ1n) is 10.6. The molecule has 0 spiro atoms. The Balaban J connectivity index is 1.48. The third-order valence-electron chi connectivity index (χ3n) is 6.59. The summed E-state index contributed by atoms with van der Waals surface area (Å²) in [6.45, 7) is -0.295. The fourth-order valence-electron chi connectivity index (χ4n) is 5.06. The lowest BCUT2D eigenvalue weighted by Crippen LogP contribution is -2.25. The summed E-state index contributed by atoms with van der Waals surface area (Å²) in [6, 6.07) is 3.84. The minimum absolute atomic E-state index is 0.195. The van der Waals surface area contributed by atoms with Crippen molar-refractivity contribution in [2.24, 2.45) is 17.8 Å². The molecule has 0 radical (unpaired) electrons. The van der Waals surface area contributed by atoms with Crippen LogP contribution in [-0.4, -0.2) is 13.0 Å². The van der Waals surface area contributed by atoms with Crippen molar-refractivity contribution in [3.8, 4) is 5.75 Å². The Hall–Kier alpha value is -1.59. The van der Waals surface area contributed by atoms with E-state index in [0.29, 0.717) is 18.3 Å². The second-order valence-corrected chi connectivity index (χ2v) is 8.43. The van der Waals surface area contributed by atoms with Gasteiger partial charge in [-0.3, -0.25) is 4.39 Å². The Bertz CT molecular complexity index is 668. The molecule has 0 bridgehead atoms. The molecule has 0 aromatic heterocycles. The molecule has 2 fully saturated rings. The number of ether oxygens (including phenoxy) is 1. The Morgan fingerprint density at radius 2 is 1.55 bits per heavy atom. The maximum atomic E-state index is 14.0. The zero-order valence-corrected chi connectivity index (χ0v) is 16.6. The summed E-state index contributed by atoms with van der Waals surface area (Å²) in [5, 5.41) is 0. The van der Waals surface area contributed by atoms with Crippen molar-refractivity contribution in [3.05, 3.63) is 41.7 Å². The highest BCUT2D eigenvalue weighted by molar-refractivity contribution is 5.31. The molecule has 6 heteroatoms. The smallest absolute Gasteiger partial charge is 0.403 e. The first-order chi connectivity index (χ1) is 13.9. The van der Waals surface area contributed by atoms with E-state index in [9.17, 15) is 22.0 Å². The van der Waals surface area contributed by atoms with E-state index in [1.165, 1.54) is 31.7 Å². The fourth-order valence-corrected chi connectivity index (χ4v) is 5.06. The van der Waals surface area contributed by atoms with Crippen molar-refractivity contribution in [1.82, 2.24) is 0 Å². The molecular formula is C23H29F5O. The largest absolute Gasteiger partial charge is 0.573 e. The van der Waals surface area contributed by atoms with Gasteiger partial charge in [0.25, 0.3) is 0 Å². The zero-order chi connectivity index (χ0) is 20.9. The van der Waals surface area contributed by atoms with E-state index in [-0.39, 0.29) is 12.6 Å². The highest BCUT2D eigenvalue weighted by Gasteiger charge is 2.33. The number of hydrogen-bond acceptors (Lipinski definition) is 1. The van der Waals surface area contributed by atoms with E-state index >= 15 is 0 Å². The molecule has 2 aliphatic rings. The predicted octanol–water partition coefficient (Wildman–Crippen LogP) is 7.72. The van der Waals surface area contributed by atoms with Gasteiger partial charge in [-0.05, 0) is 99.2 Å². The Kier molecular flexibility index (Phi) is 7.58. The van der Waals surface area contributed by atoms with Crippen LogP contribution in [0, 0.1) is 23.6 Å². The second-order valence-electron chi connectivity index (χ2n) is 8.43. The van der Waals surface area contributed by atoms with Gasteiger partial charge in [0.1, 0.15) is 0 Å². The van der Waals surface area contributed by atoms with Gasteiger partial charge in [-0.25, -0.2) is 4.39 Å². The number of benzene rings is 1.